The molecule has 19 heavy (non-hydrogen) atoms. The van der Waals surface area contributed by atoms with Gasteiger partial charge in [0, 0.05) is 13.2 Å². The highest BCUT2D eigenvalue weighted by Gasteiger charge is 2.17. The number of nitrogens with zero attached hydrogens (tertiary/aromatic N) is 2. The number of amides is 1. The van der Waals surface area contributed by atoms with Crippen LogP contribution in [0.4, 0.5) is 5.69 Å². The van der Waals surface area contributed by atoms with Crippen molar-refractivity contribution in [3.8, 4) is 6.19 Å². The maximum absolute atomic E-state index is 11.8. The molecule has 0 aromatic heterocycles. The van der Waals surface area contributed by atoms with Gasteiger partial charge in [-0.25, -0.2) is 0 Å². The minimum absolute atomic E-state index is 0.0350. The highest BCUT2D eigenvalue weighted by Crippen LogP contribution is 2.12. The molecule has 1 fully saturated rings. The fraction of sp³-hybridized carbons (Fsp3) is 0.429. The van der Waals surface area contributed by atoms with E-state index < -0.39 is 0 Å². The summed E-state index contributed by atoms with van der Waals surface area (Å²) in [5.74, 6) is -0.166. The van der Waals surface area contributed by atoms with Gasteiger partial charge in [0.2, 0.25) is 5.91 Å². The third kappa shape index (κ3) is 3.97. The molecule has 1 N–H and O–H groups in total. The van der Waals surface area contributed by atoms with Crippen LogP contribution in [0.25, 0.3) is 0 Å². The second-order valence-electron chi connectivity index (χ2n) is 4.46. The molecule has 1 saturated heterocycles. The number of anilines is 1. The van der Waals surface area contributed by atoms with Crippen LogP contribution in [0.3, 0.4) is 0 Å². The Morgan fingerprint density at radius 3 is 2.89 bits per heavy atom. The maximum Gasteiger partial charge on any atom is 0.240 e. The molecule has 1 amide bonds. The van der Waals surface area contributed by atoms with E-state index in [0.29, 0.717) is 6.54 Å². The number of nitrogens with one attached hydrogen (secondary N) is 1. The van der Waals surface area contributed by atoms with Crippen LogP contribution in [-0.4, -0.2) is 31.7 Å². The van der Waals surface area contributed by atoms with Crippen LogP contribution < -0.4 is 10.2 Å². The number of carbonyl (C=O) groups is 1. The van der Waals surface area contributed by atoms with Crippen molar-refractivity contribution in [2.45, 2.75) is 18.9 Å². The molecule has 1 atom stereocenters. The zero-order valence-corrected chi connectivity index (χ0v) is 10.7. The monoisotopic (exact) mass is 259 g/mol. The zero-order chi connectivity index (χ0) is 13.5. The van der Waals surface area contributed by atoms with E-state index in [1.807, 2.05) is 24.4 Å². The minimum atomic E-state index is -0.166. The fourth-order valence-electron chi connectivity index (χ4n) is 2.02. The molecule has 0 radical (unpaired) electrons. The molecule has 1 aromatic carbocycles. The maximum atomic E-state index is 11.8. The van der Waals surface area contributed by atoms with Gasteiger partial charge in [0.15, 0.2) is 6.19 Å². The van der Waals surface area contributed by atoms with Crippen LogP contribution in [-0.2, 0) is 9.53 Å². The van der Waals surface area contributed by atoms with Gasteiger partial charge in [0.05, 0.1) is 11.8 Å². The van der Waals surface area contributed by atoms with Crippen molar-refractivity contribution in [2.75, 3.05) is 24.6 Å². The van der Waals surface area contributed by atoms with E-state index in [2.05, 4.69) is 5.32 Å². The summed E-state index contributed by atoms with van der Waals surface area (Å²) in [5, 5.41) is 11.9. The summed E-state index contributed by atoms with van der Waals surface area (Å²) >= 11 is 0. The van der Waals surface area contributed by atoms with Crippen LogP contribution >= 0.6 is 0 Å². The first-order valence-corrected chi connectivity index (χ1v) is 6.40. The van der Waals surface area contributed by atoms with Crippen LogP contribution in [0.2, 0.25) is 0 Å². The van der Waals surface area contributed by atoms with E-state index in [-0.39, 0.29) is 18.6 Å². The third-order valence-corrected chi connectivity index (χ3v) is 3.04. The second-order valence-corrected chi connectivity index (χ2v) is 4.46. The molecular formula is C14H17N3O2. The number of hydrogen-bond donors (Lipinski definition) is 1. The molecule has 1 unspecified atom stereocenters. The number of rotatable bonds is 5. The average Bonchev–Trinajstić information content (AvgIpc) is 2.97. The lowest BCUT2D eigenvalue weighted by Crippen LogP contribution is -2.38. The summed E-state index contributed by atoms with van der Waals surface area (Å²) in [6, 6.07) is 9.15. The van der Waals surface area contributed by atoms with Crippen molar-refractivity contribution in [1.29, 1.82) is 5.26 Å². The van der Waals surface area contributed by atoms with Crippen LogP contribution in [0.15, 0.2) is 30.3 Å². The van der Waals surface area contributed by atoms with Crippen molar-refractivity contribution in [1.82, 2.24) is 5.32 Å². The summed E-state index contributed by atoms with van der Waals surface area (Å²) in [4.78, 5) is 13.1. The molecular weight excluding hydrogens is 242 g/mol. The Bertz CT molecular complexity index is 450. The van der Waals surface area contributed by atoms with Gasteiger partial charge in [0.25, 0.3) is 0 Å². The number of para-hydroxylation sites is 1. The SMILES string of the molecule is N#CN(CC(=O)NCC1CCCO1)c1ccccc1. The Morgan fingerprint density at radius 2 is 2.26 bits per heavy atom. The fourth-order valence-corrected chi connectivity index (χ4v) is 2.02. The molecule has 0 spiro atoms. The van der Waals surface area contributed by atoms with Gasteiger partial charge in [0.1, 0.15) is 6.54 Å². The second kappa shape index (κ2) is 6.76. The molecule has 0 aliphatic carbocycles. The Kier molecular flexibility index (Phi) is 4.76. The molecule has 5 heteroatoms. The molecule has 0 bridgehead atoms. The molecule has 1 heterocycles. The first-order chi connectivity index (χ1) is 9.29. The van der Waals surface area contributed by atoms with Crippen LogP contribution in [0.5, 0.6) is 0 Å². The van der Waals surface area contributed by atoms with Crippen LogP contribution in [0.1, 0.15) is 12.8 Å². The Morgan fingerprint density at radius 1 is 1.47 bits per heavy atom. The third-order valence-electron chi connectivity index (χ3n) is 3.04. The van der Waals surface area contributed by atoms with Gasteiger partial charge in [-0.05, 0) is 25.0 Å². The summed E-state index contributed by atoms with van der Waals surface area (Å²) in [6.07, 6.45) is 4.18. The molecule has 2 rings (SSSR count). The standard InChI is InChI=1S/C14H17N3O2/c15-11-17(12-5-2-1-3-6-12)10-14(18)16-9-13-7-4-8-19-13/h1-3,5-6,13H,4,7-10H2,(H,16,18). The topological polar surface area (TPSA) is 65.4 Å². The number of hydrogen-bond acceptors (Lipinski definition) is 4. The lowest BCUT2D eigenvalue weighted by molar-refractivity contribution is -0.120. The predicted molar refractivity (Wildman–Crippen MR) is 71.4 cm³/mol. The lowest BCUT2D eigenvalue weighted by Gasteiger charge is -2.16. The lowest BCUT2D eigenvalue weighted by atomic mass is 10.2. The van der Waals surface area contributed by atoms with Crippen molar-refractivity contribution in [3.05, 3.63) is 30.3 Å². The van der Waals surface area contributed by atoms with Gasteiger partial charge >= 0.3 is 0 Å². The van der Waals surface area contributed by atoms with Gasteiger partial charge < -0.3 is 10.1 Å². The normalized spacial score (nSPS) is 17.7. The van der Waals surface area contributed by atoms with Gasteiger partial charge in [-0.2, -0.15) is 5.26 Å². The van der Waals surface area contributed by atoms with Gasteiger partial charge in [-0.1, -0.05) is 18.2 Å². The molecule has 1 aliphatic rings. The predicted octanol–water partition coefficient (Wildman–Crippen LogP) is 1.27. The van der Waals surface area contributed by atoms with E-state index in [4.69, 9.17) is 10.00 Å². The highest BCUT2D eigenvalue weighted by molar-refractivity contribution is 5.82. The summed E-state index contributed by atoms with van der Waals surface area (Å²) in [7, 11) is 0. The number of nitriles is 1. The molecule has 100 valence electrons. The van der Waals surface area contributed by atoms with Crippen molar-refractivity contribution in [3.63, 3.8) is 0 Å². The molecule has 1 aliphatic heterocycles. The van der Waals surface area contributed by atoms with Gasteiger partial charge in [-0.3, -0.25) is 9.69 Å². The molecule has 5 nitrogen and oxygen atoms in total. The number of benzene rings is 1. The Labute approximate surface area is 112 Å². The van der Waals surface area contributed by atoms with E-state index in [1.165, 1.54) is 4.90 Å². The van der Waals surface area contributed by atoms with E-state index >= 15 is 0 Å². The molecule has 1 aromatic rings. The van der Waals surface area contributed by atoms with Crippen LogP contribution in [0, 0.1) is 11.5 Å². The van der Waals surface area contributed by atoms with Crippen molar-refractivity contribution < 1.29 is 9.53 Å². The summed E-state index contributed by atoms with van der Waals surface area (Å²) in [5.41, 5.74) is 0.720. The van der Waals surface area contributed by atoms with Gasteiger partial charge in [-0.15, -0.1) is 0 Å². The van der Waals surface area contributed by atoms with Crippen molar-refractivity contribution in [2.24, 2.45) is 0 Å². The highest BCUT2D eigenvalue weighted by atomic mass is 16.5. The average molecular weight is 259 g/mol. The first kappa shape index (κ1) is 13.4. The number of ether oxygens (including phenoxy) is 1. The largest absolute Gasteiger partial charge is 0.376 e. The van der Waals surface area contributed by atoms with Crippen molar-refractivity contribution >= 4 is 11.6 Å². The quantitative estimate of drug-likeness (QED) is 0.639. The smallest absolute Gasteiger partial charge is 0.240 e. The van der Waals surface area contributed by atoms with E-state index in [9.17, 15) is 4.79 Å². The molecule has 0 saturated carbocycles. The minimum Gasteiger partial charge on any atom is -0.376 e. The van der Waals surface area contributed by atoms with E-state index in [1.54, 1.807) is 12.1 Å². The van der Waals surface area contributed by atoms with E-state index in [0.717, 1.165) is 25.1 Å². The number of carbonyl (C=O) groups excluding carboxylic acids is 1. The Balaban J connectivity index is 1.81. The summed E-state index contributed by atoms with van der Waals surface area (Å²) in [6.45, 7) is 1.33. The first-order valence-electron chi connectivity index (χ1n) is 6.40. The Hall–Kier alpha value is -2.06. The zero-order valence-electron chi connectivity index (χ0n) is 10.7. The summed E-state index contributed by atoms with van der Waals surface area (Å²) < 4.78 is 5.43.